The number of nitrogens with one attached hydrogen (secondary N) is 1. The van der Waals surface area contributed by atoms with Crippen molar-refractivity contribution in [1.82, 2.24) is 9.62 Å². The van der Waals surface area contributed by atoms with E-state index in [-0.39, 0.29) is 29.7 Å². The number of methoxy groups -OCH3 is 1. The lowest BCUT2D eigenvalue weighted by Crippen LogP contribution is -2.51. The van der Waals surface area contributed by atoms with E-state index in [0.717, 1.165) is 0 Å². The van der Waals surface area contributed by atoms with Gasteiger partial charge in [-0.1, -0.05) is 12.1 Å². The quantitative estimate of drug-likeness (QED) is 0.780. The highest BCUT2D eigenvalue weighted by Gasteiger charge is 2.41. The molecule has 2 aromatic rings. The third-order valence-electron chi connectivity index (χ3n) is 5.25. The molecular formula is C21H25FN2O4S. The fourth-order valence-corrected chi connectivity index (χ4v) is 5.13. The molecule has 1 N–H and O–H groups in total. The Morgan fingerprint density at radius 2 is 1.97 bits per heavy atom. The molecule has 1 aliphatic rings. The second kappa shape index (κ2) is 8.51. The summed E-state index contributed by atoms with van der Waals surface area (Å²) in [6, 6.07) is 12.2. The highest BCUT2D eigenvalue weighted by molar-refractivity contribution is 7.89. The number of hydrogen-bond acceptors (Lipinski definition) is 4. The van der Waals surface area contributed by atoms with Gasteiger partial charge in [0.25, 0.3) is 0 Å². The third kappa shape index (κ3) is 4.76. The van der Waals surface area contributed by atoms with Gasteiger partial charge in [-0.25, -0.2) is 12.8 Å². The summed E-state index contributed by atoms with van der Waals surface area (Å²) in [5.41, 5.74) is -0.203. The zero-order chi connectivity index (χ0) is 21.1. The number of hydrogen-bond donors (Lipinski definition) is 1. The first-order valence-corrected chi connectivity index (χ1v) is 10.9. The lowest BCUT2D eigenvalue weighted by atomic mass is 9.82. The first-order valence-electron chi connectivity index (χ1n) is 9.41. The number of sulfonamides is 1. The van der Waals surface area contributed by atoms with Crippen LogP contribution in [0.15, 0.2) is 53.4 Å². The second-order valence-corrected chi connectivity index (χ2v) is 9.43. The lowest BCUT2D eigenvalue weighted by molar-refractivity contribution is -0.132. The van der Waals surface area contributed by atoms with Gasteiger partial charge in [0.15, 0.2) is 0 Å². The molecule has 1 atom stereocenters. The number of ether oxygens (including phenoxy) is 1. The molecule has 0 radical (unpaired) electrons. The first kappa shape index (κ1) is 21.3. The van der Waals surface area contributed by atoms with E-state index in [0.29, 0.717) is 30.7 Å². The number of nitrogens with zero attached hydrogens (tertiary/aromatic N) is 1. The lowest BCUT2D eigenvalue weighted by Gasteiger charge is -2.38. The van der Waals surface area contributed by atoms with Crippen molar-refractivity contribution in [2.45, 2.75) is 31.2 Å². The molecule has 0 unspecified atom stereocenters. The SMILES string of the molecule is COc1ccc(S(=O)(=O)N2CCC[C@](C)(C(=O)NCc3cccc(F)c3)C2)cc1. The highest BCUT2D eigenvalue weighted by atomic mass is 32.2. The molecule has 0 aliphatic carbocycles. The predicted octanol–water partition coefficient (Wildman–Crippen LogP) is 2.94. The molecule has 8 heteroatoms. The summed E-state index contributed by atoms with van der Waals surface area (Å²) in [6.07, 6.45) is 1.16. The summed E-state index contributed by atoms with van der Waals surface area (Å²) in [6.45, 7) is 2.42. The van der Waals surface area contributed by atoms with E-state index >= 15 is 0 Å². The number of halogens is 1. The Balaban J connectivity index is 1.71. The zero-order valence-corrected chi connectivity index (χ0v) is 17.3. The topological polar surface area (TPSA) is 75.7 Å². The number of piperidine rings is 1. The fraction of sp³-hybridized carbons (Fsp3) is 0.381. The molecule has 1 fully saturated rings. The Labute approximate surface area is 170 Å². The van der Waals surface area contributed by atoms with Gasteiger partial charge in [0.1, 0.15) is 11.6 Å². The fourth-order valence-electron chi connectivity index (χ4n) is 3.52. The molecule has 1 heterocycles. The van der Waals surface area contributed by atoms with Crippen molar-refractivity contribution < 1.29 is 22.3 Å². The van der Waals surface area contributed by atoms with E-state index in [1.54, 1.807) is 31.2 Å². The molecule has 0 bridgehead atoms. The Bertz CT molecular complexity index is 978. The maximum absolute atomic E-state index is 13.3. The predicted molar refractivity (Wildman–Crippen MR) is 107 cm³/mol. The van der Waals surface area contributed by atoms with Crippen LogP contribution in [0, 0.1) is 11.2 Å². The summed E-state index contributed by atoms with van der Waals surface area (Å²) in [4.78, 5) is 13.0. The largest absolute Gasteiger partial charge is 0.497 e. The molecule has 2 aromatic carbocycles. The molecule has 0 aromatic heterocycles. The van der Waals surface area contributed by atoms with Crippen LogP contribution in [0.25, 0.3) is 0 Å². The molecule has 29 heavy (non-hydrogen) atoms. The molecule has 156 valence electrons. The van der Waals surface area contributed by atoms with Crippen LogP contribution >= 0.6 is 0 Å². The van der Waals surface area contributed by atoms with Crippen LogP contribution in [0.3, 0.4) is 0 Å². The number of benzene rings is 2. The van der Waals surface area contributed by atoms with Crippen molar-refractivity contribution in [3.63, 3.8) is 0 Å². The molecule has 1 amide bonds. The normalized spacial score (nSPS) is 20.2. The first-order chi connectivity index (χ1) is 13.7. The minimum absolute atomic E-state index is 0.0936. The molecule has 1 aliphatic heterocycles. The van der Waals surface area contributed by atoms with Gasteiger partial charge in [-0.15, -0.1) is 0 Å². The highest BCUT2D eigenvalue weighted by Crippen LogP contribution is 2.33. The number of carbonyl (C=O) groups is 1. The zero-order valence-electron chi connectivity index (χ0n) is 16.5. The minimum atomic E-state index is -3.72. The molecule has 0 saturated carbocycles. The standard InChI is InChI=1S/C21H25FN2O4S/c1-21(20(25)23-14-16-5-3-6-17(22)13-16)11-4-12-24(15-21)29(26,27)19-9-7-18(28-2)8-10-19/h3,5-10,13H,4,11-12,14-15H2,1-2H3,(H,23,25)/t21-/m0/s1. The van der Waals surface area contributed by atoms with Crippen LogP contribution in [0.2, 0.25) is 0 Å². The van der Waals surface area contributed by atoms with Crippen LogP contribution in [0.4, 0.5) is 4.39 Å². The number of carbonyl (C=O) groups excluding carboxylic acids is 1. The van der Waals surface area contributed by atoms with Crippen LogP contribution in [0.1, 0.15) is 25.3 Å². The monoisotopic (exact) mass is 420 g/mol. The van der Waals surface area contributed by atoms with E-state index in [1.165, 1.54) is 35.7 Å². The maximum Gasteiger partial charge on any atom is 0.243 e. The average Bonchev–Trinajstić information content (AvgIpc) is 2.72. The molecule has 3 rings (SSSR count). The second-order valence-electron chi connectivity index (χ2n) is 7.49. The van der Waals surface area contributed by atoms with Gasteiger partial charge in [-0.3, -0.25) is 4.79 Å². The van der Waals surface area contributed by atoms with Crippen LogP contribution in [-0.2, 0) is 21.4 Å². The molecule has 1 saturated heterocycles. The van der Waals surface area contributed by atoms with Gasteiger partial charge < -0.3 is 10.1 Å². The van der Waals surface area contributed by atoms with E-state index < -0.39 is 15.4 Å². The van der Waals surface area contributed by atoms with E-state index in [1.807, 2.05) is 0 Å². The summed E-state index contributed by atoms with van der Waals surface area (Å²) in [5.74, 6) is -0.0297. The van der Waals surface area contributed by atoms with Gasteiger partial charge in [-0.2, -0.15) is 4.31 Å². The number of rotatable bonds is 6. The van der Waals surface area contributed by atoms with Gasteiger partial charge >= 0.3 is 0 Å². The summed E-state index contributed by atoms with van der Waals surface area (Å²) >= 11 is 0. The van der Waals surface area contributed by atoms with Crippen molar-refractivity contribution in [3.05, 3.63) is 59.9 Å². The van der Waals surface area contributed by atoms with Crippen LogP contribution in [0.5, 0.6) is 5.75 Å². The van der Waals surface area contributed by atoms with Crippen LogP contribution < -0.4 is 10.1 Å². The van der Waals surface area contributed by atoms with Gasteiger partial charge in [0.2, 0.25) is 15.9 Å². The molecule has 0 spiro atoms. The van der Waals surface area contributed by atoms with E-state index in [2.05, 4.69) is 5.32 Å². The van der Waals surface area contributed by atoms with Crippen molar-refractivity contribution >= 4 is 15.9 Å². The maximum atomic E-state index is 13.3. The van der Waals surface area contributed by atoms with E-state index in [9.17, 15) is 17.6 Å². The van der Waals surface area contributed by atoms with Crippen molar-refractivity contribution in [2.24, 2.45) is 5.41 Å². The van der Waals surface area contributed by atoms with Gasteiger partial charge in [0, 0.05) is 19.6 Å². The van der Waals surface area contributed by atoms with Crippen molar-refractivity contribution in [2.75, 3.05) is 20.2 Å². The third-order valence-corrected chi connectivity index (χ3v) is 7.11. The van der Waals surface area contributed by atoms with Gasteiger partial charge in [0.05, 0.1) is 17.4 Å². The Kier molecular flexibility index (Phi) is 6.24. The van der Waals surface area contributed by atoms with Gasteiger partial charge in [-0.05, 0) is 61.7 Å². The van der Waals surface area contributed by atoms with Crippen LogP contribution in [-0.4, -0.2) is 38.8 Å². The van der Waals surface area contributed by atoms with Crippen molar-refractivity contribution in [1.29, 1.82) is 0 Å². The smallest absolute Gasteiger partial charge is 0.243 e. The molecule has 6 nitrogen and oxygen atoms in total. The molecular weight excluding hydrogens is 395 g/mol. The number of amides is 1. The summed E-state index contributed by atoms with van der Waals surface area (Å²) in [7, 11) is -2.20. The Morgan fingerprint density at radius 3 is 2.62 bits per heavy atom. The average molecular weight is 421 g/mol. The summed E-state index contributed by atoms with van der Waals surface area (Å²) < 4.78 is 45.8. The Hall–Kier alpha value is -2.45. The summed E-state index contributed by atoms with van der Waals surface area (Å²) in [5, 5.41) is 2.82. The minimum Gasteiger partial charge on any atom is -0.497 e. The van der Waals surface area contributed by atoms with E-state index in [4.69, 9.17) is 4.74 Å². The van der Waals surface area contributed by atoms with Crippen molar-refractivity contribution in [3.8, 4) is 5.75 Å². The Morgan fingerprint density at radius 1 is 1.24 bits per heavy atom.